The first-order valence-electron chi connectivity index (χ1n) is 4.26. The Morgan fingerprint density at radius 3 is 2.29 bits per heavy atom. The van der Waals surface area contributed by atoms with Gasteiger partial charge in [0.1, 0.15) is 5.60 Å². The van der Waals surface area contributed by atoms with Gasteiger partial charge >= 0.3 is 5.97 Å². The fourth-order valence-electron chi connectivity index (χ4n) is 0.776. The van der Waals surface area contributed by atoms with E-state index in [1.165, 1.54) is 13.0 Å². The van der Waals surface area contributed by atoms with E-state index in [9.17, 15) is 9.59 Å². The first-order valence-corrected chi connectivity index (χ1v) is 4.26. The molecule has 0 aromatic rings. The zero-order chi connectivity index (χ0) is 11.4. The average molecular weight is 201 g/mol. The molecule has 0 aliphatic rings. The van der Waals surface area contributed by atoms with Crippen LogP contribution in [0.3, 0.4) is 0 Å². The van der Waals surface area contributed by atoms with Crippen LogP contribution in [-0.4, -0.2) is 34.9 Å². The van der Waals surface area contributed by atoms with E-state index >= 15 is 0 Å². The van der Waals surface area contributed by atoms with Gasteiger partial charge in [-0.25, -0.2) is 9.59 Å². The van der Waals surface area contributed by atoms with Crippen LogP contribution in [0.2, 0.25) is 0 Å². The topological polar surface area (TPSA) is 76.0 Å². The lowest BCUT2D eigenvalue weighted by Crippen LogP contribution is -2.36. The molecular formula is C9H15NO4. The van der Waals surface area contributed by atoms with Crippen LogP contribution in [0.5, 0.6) is 0 Å². The molecule has 80 valence electrons. The van der Waals surface area contributed by atoms with E-state index in [0.29, 0.717) is 0 Å². The van der Waals surface area contributed by atoms with E-state index in [0.717, 1.165) is 0 Å². The van der Waals surface area contributed by atoms with Gasteiger partial charge in [-0.05, 0) is 27.7 Å². The Kier molecular flexibility index (Phi) is 4.47. The minimum absolute atomic E-state index is 0.664. The lowest BCUT2D eigenvalue weighted by molar-refractivity contribution is -0.158. The summed E-state index contributed by atoms with van der Waals surface area (Å²) >= 11 is 0. The van der Waals surface area contributed by atoms with Crippen molar-refractivity contribution in [2.75, 3.05) is 0 Å². The van der Waals surface area contributed by atoms with Crippen LogP contribution in [0.25, 0.3) is 0 Å². The van der Waals surface area contributed by atoms with Crippen LogP contribution in [0.4, 0.5) is 0 Å². The summed E-state index contributed by atoms with van der Waals surface area (Å²) in [7, 11) is 0. The van der Waals surface area contributed by atoms with E-state index in [1.54, 1.807) is 20.8 Å². The van der Waals surface area contributed by atoms with Gasteiger partial charge in [0.15, 0.2) is 6.04 Å². The normalized spacial score (nSPS) is 15.2. The predicted molar refractivity (Wildman–Crippen MR) is 49.4 cm³/mol. The number of aliphatic hydroxyl groups is 1. The summed E-state index contributed by atoms with van der Waals surface area (Å²) in [5.74, 6) is -0.726. The van der Waals surface area contributed by atoms with Crippen molar-refractivity contribution in [3.8, 4) is 0 Å². The summed E-state index contributed by atoms with van der Waals surface area (Å²) in [6.07, 6.45) is 0.166. The summed E-state index contributed by atoms with van der Waals surface area (Å²) in [6, 6.07) is -1.19. The highest BCUT2D eigenvalue weighted by molar-refractivity contribution is 5.78. The summed E-state index contributed by atoms with van der Waals surface area (Å²) in [5, 5.41) is 9.14. The number of hydrogen-bond donors (Lipinski definition) is 1. The summed E-state index contributed by atoms with van der Waals surface area (Å²) in [5.41, 5.74) is -0.664. The molecular weight excluding hydrogens is 186 g/mol. The van der Waals surface area contributed by atoms with Gasteiger partial charge in [0.25, 0.3) is 0 Å². The smallest absolute Gasteiger partial charge is 0.335 e. The van der Waals surface area contributed by atoms with Crippen molar-refractivity contribution in [1.82, 2.24) is 0 Å². The summed E-state index contributed by atoms with van der Waals surface area (Å²) < 4.78 is 4.94. The van der Waals surface area contributed by atoms with E-state index in [2.05, 4.69) is 4.99 Å². The van der Waals surface area contributed by atoms with Gasteiger partial charge < -0.3 is 9.84 Å². The Bertz CT molecular complexity index is 248. The lowest BCUT2D eigenvalue weighted by atomic mass is 10.1. The van der Waals surface area contributed by atoms with Crippen molar-refractivity contribution < 1.29 is 19.4 Å². The molecule has 0 aliphatic carbocycles. The number of aliphatic imine (C=N–C) groups is 1. The molecule has 1 N–H and O–H groups in total. The molecule has 5 nitrogen and oxygen atoms in total. The number of nitrogens with zero attached hydrogens (tertiary/aromatic N) is 1. The van der Waals surface area contributed by atoms with Crippen LogP contribution < -0.4 is 0 Å². The molecule has 0 aromatic carbocycles. The van der Waals surface area contributed by atoms with Gasteiger partial charge in [-0.1, -0.05) is 0 Å². The fraction of sp³-hybridized carbons (Fsp3) is 0.778. The third kappa shape index (κ3) is 4.74. The Morgan fingerprint density at radius 2 is 2.00 bits per heavy atom. The molecule has 0 fully saturated rings. The minimum atomic E-state index is -1.19. The Labute approximate surface area is 82.8 Å². The van der Waals surface area contributed by atoms with Crippen molar-refractivity contribution in [2.45, 2.75) is 45.4 Å². The van der Waals surface area contributed by atoms with Gasteiger partial charge in [0.2, 0.25) is 6.08 Å². The van der Waals surface area contributed by atoms with Gasteiger partial charge in [0, 0.05) is 0 Å². The third-order valence-corrected chi connectivity index (χ3v) is 1.30. The molecule has 2 atom stereocenters. The number of ether oxygens (including phenoxy) is 1. The predicted octanol–water partition coefficient (Wildman–Crippen LogP) is 0.413. The Hall–Kier alpha value is -1.19. The van der Waals surface area contributed by atoms with Crippen molar-refractivity contribution in [3.05, 3.63) is 0 Å². The number of carbonyl (C=O) groups is 1. The highest BCUT2D eigenvalue weighted by atomic mass is 16.6. The molecule has 0 heterocycles. The van der Waals surface area contributed by atoms with Gasteiger partial charge in [-0.15, -0.1) is 0 Å². The van der Waals surface area contributed by atoms with E-state index in [1.807, 2.05) is 0 Å². The van der Waals surface area contributed by atoms with E-state index < -0.39 is 23.7 Å². The summed E-state index contributed by atoms with van der Waals surface area (Å²) in [6.45, 7) is 6.42. The Balaban J connectivity index is 4.54. The van der Waals surface area contributed by atoms with Crippen molar-refractivity contribution in [1.29, 1.82) is 0 Å². The maximum absolute atomic E-state index is 11.3. The molecule has 0 spiro atoms. The maximum Gasteiger partial charge on any atom is 0.335 e. The van der Waals surface area contributed by atoms with Crippen LogP contribution in [-0.2, 0) is 14.3 Å². The number of hydrogen-bond acceptors (Lipinski definition) is 5. The number of rotatable bonds is 3. The summed E-state index contributed by atoms with van der Waals surface area (Å²) in [4.78, 5) is 24.5. The first-order chi connectivity index (χ1) is 6.28. The number of esters is 1. The van der Waals surface area contributed by atoms with Crippen molar-refractivity contribution in [3.63, 3.8) is 0 Å². The highest BCUT2D eigenvalue weighted by Crippen LogP contribution is 2.11. The molecule has 0 aliphatic heterocycles. The molecule has 0 radical (unpaired) electrons. The second-order valence-electron chi connectivity index (χ2n) is 3.94. The molecule has 0 bridgehead atoms. The zero-order valence-corrected chi connectivity index (χ0v) is 8.77. The van der Waals surface area contributed by atoms with E-state index in [4.69, 9.17) is 9.84 Å². The monoisotopic (exact) mass is 201 g/mol. The Morgan fingerprint density at radius 1 is 1.50 bits per heavy atom. The fourth-order valence-corrected chi connectivity index (χ4v) is 0.776. The number of isocyanates is 1. The molecule has 0 amide bonds. The molecule has 2 unspecified atom stereocenters. The zero-order valence-electron chi connectivity index (χ0n) is 8.77. The van der Waals surface area contributed by atoms with Crippen molar-refractivity contribution in [2.24, 2.45) is 4.99 Å². The van der Waals surface area contributed by atoms with E-state index in [-0.39, 0.29) is 0 Å². The second-order valence-corrected chi connectivity index (χ2v) is 3.94. The quantitative estimate of drug-likeness (QED) is 0.407. The standard InChI is InChI=1S/C9H15NO4/c1-6(12)7(10-5-11)8(13)14-9(2,3)4/h6-7,12H,1-4H3. The molecule has 0 rings (SSSR count). The third-order valence-electron chi connectivity index (χ3n) is 1.30. The SMILES string of the molecule is CC(O)C(N=C=O)C(=O)OC(C)(C)C. The second kappa shape index (κ2) is 4.88. The van der Waals surface area contributed by atoms with Gasteiger partial charge in [-0.2, -0.15) is 4.99 Å². The average Bonchev–Trinajstić information content (AvgIpc) is 1.95. The molecule has 0 saturated heterocycles. The largest absolute Gasteiger partial charge is 0.458 e. The molecule has 0 aromatic heterocycles. The van der Waals surface area contributed by atoms with Gasteiger partial charge in [0.05, 0.1) is 6.10 Å². The van der Waals surface area contributed by atoms with Crippen LogP contribution in [0.1, 0.15) is 27.7 Å². The molecule has 14 heavy (non-hydrogen) atoms. The molecule has 5 heteroatoms. The van der Waals surface area contributed by atoms with Crippen LogP contribution in [0, 0.1) is 0 Å². The van der Waals surface area contributed by atoms with Crippen molar-refractivity contribution >= 4 is 12.0 Å². The lowest BCUT2D eigenvalue weighted by Gasteiger charge is -2.22. The van der Waals surface area contributed by atoms with Crippen LogP contribution in [0.15, 0.2) is 4.99 Å². The highest BCUT2D eigenvalue weighted by Gasteiger charge is 2.28. The molecule has 0 saturated carbocycles. The maximum atomic E-state index is 11.3. The number of carbonyl (C=O) groups excluding carboxylic acids is 2. The van der Waals surface area contributed by atoms with Crippen LogP contribution >= 0.6 is 0 Å². The van der Waals surface area contributed by atoms with Gasteiger partial charge in [-0.3, -0.25) is 0 Å². The minimum Gasteiger partial charge on any atom is -0.458 e. The number of aliphatic hydroxyl groups excluding tert-OH is 1. The first kappa shape index (κ1) is 12.8.